The first-order valence-corrected chi connectivity index (χ1v) is 7.21. The molecular weight excluding hydrogens is 332 g/mol. The van der Waals surface area contributed by atoms with Gasteiger partial charge in [-0.2, -0.15) is 0 Å². The molecule has 0 aliphatic rings. The third-order valence-electron chi connectivity index (χ3n) is 3.41. The second-order valence-corrected chi connectivity index (χ2v) is 5.65. The Morgan fingerprint density at radius 3 is 2.43 bits per heavy atom. The Morgan fingerprint density at radius 1 is 1.24 bits per heavy atom. The van der Waals surface area contributed by atoms with Crippen molar-refractivity contribution in [3.63, 3.8) is 0 Å². The van der Waals surface area contributed by atoms with Gasteiger partial charge in [0.25, 0.3) is 5.91 Å². The molecule has 0 unspecified atom stereocenters. The minimum Gasteiger partial charge on any atom is -0.497 e. The number of amides is 1. The van der Waals surface area contributed by atoms with Crippen molar-refractivity contribution in [1.82, 2.24) is 0 Å². The molecule has 0 atom stereocenters. The van der Waals surface area contributed by atoms with E-state index in [-0.39, 0.29) is 5.91 Å². The number of benzene rings is 2. The first-order chi connectivity index (χ1) is 9.93. The normalized spacial score (nSPS) is 10.3. The van der Waals surface area contributed by atoms with Crippen LogP contribution >= 0.6 is 15.9 Å². The van der Waals surface area contributed by atoms with Crippen molar-refractivity contribution in [1.29, 1.82) is 0 Å². The third-order valence-corrected chi connectivity index (χ3v) is 3.87. The Bertz CT molecular complexity index is 669. The first kappa shape index (κ1) is 15.4. The van der Waals surface area contributed by atoms with Gasteiger partial charge in [0.15, 0.2) is 0 Å². The largest absolute Gasteiger partial charge is 0.497 e. The van der Waals surface area contributed by atoms with E-state index in [9.17, 15) is 4.79 Å². The number of halogens is 1. The van der Waals surface area contributed by atoms with Crippen LogP contribution in [0.25, 0.3) is 0 Å². The Labute approximate surface area is 132 Å². The van der Waals surface area contributed by atoms with Gasteiger partial charge in [-0.05, 0) is 48.9 Å². The van der Waals surface area contributed by atoms with Gasteiger partial charge in [0, 0.05) is 28.5 Å². The summed E-state index contributed by atoms with van der Waals surface area (Å²) in [6.07, 6.45) is 0. The van der Waals surface area contributed by atoms with Crippen LogP contribution < -0.4 is 15.4 Å². The van der Waals surface area contributed by atoms with Crippen molar-refractivity contribution >= 4 is 33.2 Å². The second kappa shape index (κ2) is 6.18. The molecule has 0 aliphatic heterocycles. The predicted molar refractivity (Wildman–Crippen MR) is 89.0 cm³/mol. The number of rotatable bonds is 3. The van der Waals surface area contributed by atoms with Crippen LogP contribution in [-0.2, 0) is 0 Å². The maximum Gasteiger partial charge on any atom is 0.258 e. The zero-order valence-corrected chi connectivity index (χ0v) is 13.8. The van der Waals surface area contributed by atoms with Gasteiger partial charge in [-0.15, -0.1) is 0 Å². The standard InChI is InChI=1S/C16H17BrN2O2/c1-10-14(8-11(17)9-15(10)18)16(20)19(2)12-4-6-13(21-3)7-5-12/h4-9H,18H2,1-3H3. The van der Waals surface area contributed by atoms with Gasteiger partial charge in [0.1, 0.15) is 5.75 Å². The van der Waals surface area contributed by atoms with E-state index in [1.165, 1.54) is 0 Å². The van der Waals surface area contributed by atoms with Crippen LogP contribution in [0.5, 0.6) is 5.75 Å². The van der Waals surface area contributed by atoms with Crippen LogP contribution in [0.15, 0.2) is 40.9 Å². The highest BCUT2D eigenvalue weighted by Crippen LogP contribution is 2.26. The van der Waals surface area contributed by atoms with Gasteiger partial charge in [-0.25, -0.2) is 0 Å². The molecule has 0 heterocycles. The number of ether oxygens (including phenoxy) is 1. The van der Waals surface area contributed by atoms with Gasteiger partial charge in [-0.3, -0.25) is 4.79 Å². The van der Waals surface area contributed by atoms with E-state index in [0.717, 1.165) is 21.5 Å². The summed E-state index contributed by atoms with van der Waals surface area (Å²) < 4.78 is 5.91. The molecule has 0 aromatic heterocycles. The van der Waals surface area contributed by atoms with Crippen molar-refractivity contribution in [3.05, 3.63) is 52.0 Å². The number of methoxy groups -OCH3 is 1. The number of hydrogen-bond acceptors (Lipinski definition) is 3. The maximum atomic E-state index is 12.6. The number of carbonyl (C=O) groups is 1. The van der Waals surface area contributed by atoms with E-state index in [4.69, 9.17) is 10.5 Å². The highest BCUT2D eigenvalue weighted by Gasteiger charge is 2.17. The summed E-state index contributed by atoms with van der Waals surface area (Å²) in [5.41, 5.74) is 8.67. The van der Waals surface area contributed by atoms with E-state index >= 15 is 0 Å². The fraction of sp³-hybridized carbons (Fsp3) is 0.188. The van der Waals surface area contributed by atoms with Gasteiger partial charge in [-0.1, -0.05) is 15.9 Å². The summed E-state index contributed by atoms with van der Waals surface area (Å²) in [6, 6.07) is 10.9. The average molecular weight is 349 g/mol. The molecule has 2 N–H and O–H groups in total. The summed E-state index contributed by atoms with van der Waals surface area (Å²) in [4.78, 5) is 14.2. The van der Waals surface area contributed by atoms with Crippen LogP contribution in [0.1, 0.15) is 15.9 Å². The van der Waals surface area contributed by atoms with Crippen molar-refractivity contribution < 1.29 is 9.53 Å². The topological polar surface area (TPSA) is 55.6 Å². The van der Waals surface area contributed by atoms with Crippen LogP contribution in [0.2, 0.25) is 0 Å². The SMILES string of the molecule is COc1ccc(N(C)C(=O)c2cc(Br)cc(N)c2C)cc1. The molecule has 0 saturated carbocycles. The second-order valence-electron chi connectivity index (χ2n) is 4.73. The monoisotopic (exact) mass is 348 g/mol. The van der Waals surface area contributed by atoms with Crippen LogP contribution in [0.3, 0.4) is 0 Å². The number of nitrogens with zero attached hydrogens (tertiary/aromatic N) is 1. The molecule has 4 nitrogen and oxygen atoms in total. The zero-order chi connectivity index (χ0) is 15.6. The molecule has 0 fully saturated rings. The maximum absolute atomic E-state index is 12.6. The lowest BCUT2D eigenvalue weighted by atomic mass is 10.1. The number of nitrogen functional groups attached to an aromatic ring is 1. The molecule has 2 aromatic carbocycles. The van der Waals surface area contributed by atoms with Crippen molar-refractivity contribution in [2.45, 2.75) is 6.92 Å². The molecule has 0 saturated heterocycles. The summed E-state index contributed by atoms with van der Waals surface area (Å²) in [5, 5.41) is 0. The molecule has 2 aromatic rings. The fourth-order valence-corrected chi connectivity index (χ4v) is 2.50. The molecule has 0 radical (unpaired) electrons. The van der Waals surface area contributed by atoms with Gasteiger partial charge in [0.05, 0.1) is 7.11 Å². The van der Waals surface area contributed by atoms with Gasteiger partial charge in [0.2, 0.25) is 0 Å². The van der Waals surface area contributed by atoms with E-state index in [0.29, 0.717) is 11.3 Å². The average Bonchev–Trinajstić information content (AvgIpc) is 2.49. The van der Waals surface area contributed by atoms with Crippen molar-refractivity contribution in [2.24, 2.45) is 0 Å². The molecular formula is C16H17BrN2O2. The van der Waals surface area contributed by atoms with Crippen LogP contribution in [0, 0.1) is 6.92 Å². The van der Waals surface area contributed by atoms with Gasteiger partial charge < -0.3 is 15.4 Å². The summed E-state index contributed by atoms with van der Waals surface area (Å²) in [5.74, 6) is 0.646. The highest BCUT2D eigenvalue weighted by molar-refractivity contribution is 9.10. The smallest absolute Gasteiger partial charge is 0.258 e. The molecule has 21 heavy (non-hydrogen) atoms. The Morgan fingerprint density at radius 2 is 1.86 bits per heavy atom. The molecule has 0 spiro atoms. The lowest BCUT2D eigenvalue weighted by Gasteiger charge is -2.19. The number of carbonyl (C=O) groups excluding carboxylic acids is 1. The molecule has 110 valence electrons. The summed E-state index contributed by atoms with van der Waals surface area (Å²) >= 11 is 3.37. The van der Waals surface area contributed by atoms with Crippen molar-refractivity contribution in [2.75, 3.05) is 24.8 Å². The zero-order valence-electron chi connectivity index (χ0n) is 12.2. The molecule has 1 amide bonds. The van der Waals surface area contributed by atoms with Crippen LogP contribution in [-0.4, -0.2) is 20.1 Å². The third kappa shape index (κ3) is 3.19. The van der Waals surface area contributed by atoms with E-state index in [1.807, 2.05) is 31.2 Å². The number of anilines is 2. The van der Waals surface area contributed by atoms with E-state index in [1.54, 1.807) is 31.2 Å². The first-order valence-electron chi connectivity index (χ1n) is 6.41. The number of hydrogen-bond donors (Lipinski definition) is 1. The number of nitrogens with two attached hydrogens (primary N) is 1. The Kier molecular flexibility index (Phi) is 4.53. The lowest BCUT2D eigenvalue weighted by Crippen LogP contribution is -2.27. The fourth-order valence-electron chi connectivity index (χ4n) is 2.03. The molecule has 2 rings (SSSR count). The molecule has 0 bridgehead atoms. The lowest BCUT2D eigenvalue weighted by molar-refractivity contribution is 0.0992. The van der Waals surface area contributed by atoms with Crippen LogP contribution in [0.4, 0.5) is 11.4 Å². The Hall–Kier alpha value is -2.01. The Balaban J connectivity index is 2.34. The quantitative estimate of drug-likeness (QED) is 0.861. The minimum atomic E-state index is -0.106. The van der Waals surface area contributed by atoms with Crippen molar-refractivity contribution in [3.8, 4) is 5.75 Å². The minimum absolute atomic E-state index is 0.106. The van der Waals surface area contributed by atoms with E-state index < -0.39 is 0 Å². The predicted octanol–water partition coefficient (Wildman–Crippen LogP) is 3.62. The van der Waals surface area contributed by atoms with E-state index in [2.05, 4.69) is 15.9 Å². The molecule has 5 heteroatoms. The summed E-state index contributed by atoms with van der Waals surface area (Å²) in [7, 11) is 3.35. The van der Waals surface area contributed by atoms with Gasteiger partial charge >= 0.3 is 0 Å². The highest BCUT2D eigenvalue weighted by atomic mass is 79.9. The molecule has 0 aliphatic carbocycles. The summed E-state index contributed by atoms with van der Waals surface area (Å²) in [6.45, 7) is 1.84.